The van der Waals surface area contributed by atoms with Crippen LogP contribution in [0.5, 0.6) is 0 Å². The lowest BCUT2D eigenvalue weighted by Gasteiger charge is -1.99. The highest BCUT2D eigenvalue weighted by atomic mass is 35.6. The minimum absolute atomic E-state index is 0.326. The highest BCUT2D eigenvalue weighted by Gasteiger charge is 1.94. The molecule has 0 atom stereocenters. The lowest BCUT2D eigenvalue weighted by molar-refractivity contribution is 0.942. The Hall–Kier alpha value is -0.0131. The summed E-state index contributed by atoms with van der Waals surface area (Å²) in [7, 11) is -0.326. The third kappa shape index (κ3) is 3.05. The first-order chi connectivity index (χ1) is 3.85. The van der Waals surface area contributed by atoms with Gasteiger partial charge in [-0.1, -0.05) is 12.2 Å². The van der Waals surface area contributed by atoms with Crippen molar-refractivity contribution in [2.24, 2.45) is 5.92 Å². The fraction of sp³-hybridized carbons (Fsp3) is 0.333. The van der Waals surface area contributed by atoms with Gasteiger partial charge in [0.25, 0.3) is 0 Å². The smallest absolute Gasteiger partial charge is 0.126 e. The van der Waals surface area contributed by atoms with Crippen LogP contribution in [0.15, 0.2) is 25.3 Å². The molecule has 0 N–H and O–H groups in total. The topological polar surface area (TPSA) is 0 Å². The monoisotopic (exact) mass is 146 g/mol. The number of rotatable bonds is 4. The lowest BCUT2D eigenvalue weighted by Crippen LogP contribution is -1.90. The summed E-state index contributed by atoms with van der Waals surface area (Å²) in [5.74, 6) is 0.458. The Morgan fingerprint density at radius 3 is 2.12 bits per heavy atom. The molecule has 0 spiro atoms. The standard InChI is InChI=1S/C6H11ClSi/c1-3-6(4-2)5-8-7/h3-4,6H,1-2,5,8H2. The molecule has 0 heterocycles. The first kappa shape index (κ1) is 7.99. The van der Waals surface area contributed by atoms with Crippen LogP contribution in [0.25, 0.3) is 0 Å². The van der Waals surface area contributed by atoms with Crippen LogP contribution in [0.3, 0.4) is 0 Å². The molecule has 0 aliphatic heterocycles. The van der Waals surface area contributed by atoms with Gasteiger partial charge in [0.1, 0.15) is 8.83 Å². The van der Waals surface area contributed by atoms with Gasteiger partial charge in [0.2, 0.25) is 0 Å². The molecule has 0 bridgehead atoms. The van der Waals surface area contributed by atoms with E-state index in [-0.39, 0.29) is 8.83 Å². The van der Waals surface area contributed by atoms with E-state index in [4.69, 9.17) is 11.1 Å². The lowest BCUT2D eigenvalue weighted by atomic mass is 10.2. The van der Waals surface area contributed by atoms with Crippen molar-refractivity contribution in [1.29, 1.82) is 0 Å². The Kier molecular flexibility index (Phi) is 5.12. The molecule has 0 radical (unpaired) electrons. The van der Waals surface area contributed by atoms with Crippen molar-refractivity contribution in [3.8, 4) is 0 Å². The highest BCUT2D eigenvalue weighted by Crippen LogP contribution is 2.05. The van der Waals surface area contributed by atoms with Crippen molar-refractivity contribution < 1.29 is 0 Å². The molecule has 0 aliphatic carbocycles. The summed E-state index contributed by atoms with van der Waals surface area (Å²) in [5.41, 5.74) is 0. The fourth-order valence-electron chi connectivity index (χ4n) is 0.458. The van der Waals surface area contributed by atoms with Gasteiger partial charge in [0.15, 0.2) is 0 Å². The van der Waals surface area contributed by atoms with Crippen molar-refractivity contribution in [1.82, 2.24) is 0 Å². The summed E-state index contributed by atoms with van der Waals surface area (Å²) >= 11 is 5.60. The number of hydrogen-bond donors (Lipinski definition) is 0. The molecular weight excluding hydrogens is 136 g/mol. The molecule has 0 amide bonds. The second-order valence-electron chi connectivity index (χ2n) is 1.61. The number of hydrogen-bond acceptors (Lipinski definition) is 0. The zero-order chi connectivity index (χ0) is 6.41. The van der Waals surface area contributed by atoms with E-state index in [1.54, 1.807) is 0 Å². The second-order valence-corrected chi connectivity index (χ2v) is 3.70. The second kappa shape index (κ2) is 5.13. The number of allylic oxidation sites excluding steroid dienone is 2. The van der Waals surface area contributed by atoms with E-state index in [2.05, 4.69) is 13.2 Å². The predicted octanol–water partition coefficient (Wildman–Crippen LogP) is 1.72. The van der Waals surface area contributed by atoms with E-state index >= 15 is 0 Å². The van der Waals surface area contributed by atoms with Gasteiger partial charge in [-0.2, -0.15) is 11.1 Å². The predicted molar refractivity (Wildman–Crippen MR) is 43.1 cm³/mol. The molecule has 0 fully saturated rings. The zero-order valence-electron chi connectivity index (χ0n) is 4.94. The van der Waals surface area contributed by atoms with Gasteiger partial charge in [-0.3, -0.25) is 0 Å². The Balaban J connectivity index is 3.35. The minimum atomic E-state index is -0.326. The molecule has 0 nitrogen and oxygen atoms in total. The molecule has 0 rings (SSSR count). The van der Waals surface area contributed by atoms with E-state index in [0.29, 0.717) is 5.92 Å². The van der Waals surface area contributed by atoms with Crippen LogP contribution in [0.4, 0.5) is 0 Å². The average Bonchev–Trinajstić information content (AvgIpc) is 1.83. The summed E-state index contributed by atoms with van der Waals surface area (Å²) in [4.78, 5) is 0. The van der Waals surface area contributed by atoms with Crippen molar-refractivity contribution in [2.45, 2.75) is 6.04 Å². The third-order valence-corrected chi connectivity index (χ3v) is 2.59. The largest absolute Gasteiger partial charge is 0.176 e. The first-order valence-electron chi connectivity index (χ1n) is 2.66. The molecule has 46 valence electrons. The van der Waals surface area contributed by atoms with Crippen molar-refractivity contribution >= 4 is 19.9 Å². The zero-order valence-corrected chi connectivity index (χ0v) is 7.11. The maximum absolute atomic E-state index is 5.60. The molecule has 0 unspecified atom stereocenters. The van der Waals surface area contributed by atoms with E-state index in [1.807, 2.05) is 12.2 Å². The molecule has 0 saturated heterocycles. The van der Waals surface area contributed by atoms with Crippen molar-refractivity contribution in [2.75, 3.05) is 0 Å². The van der Waals surface area contributed by atoms with Crippen LogP contribution < -0.4 is 0 Å². The van der Waals surface area contributed by atoms with E-state index in [1.165, 1.54) is 0 Å². The Bertz CT molecular complexity index is 72.6. The van der Waals surface area contributed by atoms with Crippen LogP contribution in [-0.2, 0) is 0 Å². The molecule has 0 aliphatic rings. The quantitative estimate of drug-likeness (QED) is 0.322. The highest BCUT2D eigenvalue weighted by molar-refractivity contribution is 6.93. The van der Waals surface area contributed by atoms with Crippen LogP contribution in [0.1, 0.15) is 0 Å². The summed E-state index contributed by atoms with van der Waals surface area (Å²) in [6.07, 6.45) is 3.78. The third-order valence-electron chi connectivity index (χ3n) is 1.05. The first-order valence-corrected chi connectivity index (χ1v) is 5.80. The van der Waals surface area contributed by atoms with Crippen molar-refractivity contribution in [3.63, 3.8) is 0 Å². The molecule has 0 aromatic carbocycles. The molecule has 0 saturated carbocycles. The fourth-order valence-corrected chi connectivity index (χ4v) is 1.94. The summed E-state index contributed by atoms with van der Waals surface area (Å²) in [6, 6.07) is 1.09. The SMILES string of the molecule is C=CC(C=C)C[SiH2]Cl. The van der Waals surface area contributed by atoms with Crippen molar-refractivity contribution in [3.05, 3.63) is 25.3 Å². The molecule has 0 aromatic heterocycles. The molecule has 0 aromatic rings. The molecule has 8 heavy (non-hydrogen) atoms. The van der Waals surface area contributed by atoms with Gasteiger partial charge < -0.3 is 0 Å². The average molecular weight is 147 g/mol. The van der Waals surface area contributed by atoms with Gasteiger partial charge in [0.05, 0.1) is 0 Å². The maximum Gasteiger partial charge on any atom is 0.126 e. The van der Waals surface area contributed by atoms with Gasteiger partial charge in [-0.25, -0.2) is 0 Å². The van der Waals surface area contributed by atoms with Crippen LogP contribution in [0, 0.1) is 5.92 Å². The van der Waals surface area contributed by atoms with Crippen LogP contribution in [0.2, 0.25) is 6.04 Å². The summed E-state index contributed by atoms with van der Waals surface area (Å²) < 4.78 is 0. The molecular formula is C6H11ClSi. The van der Waals surface area contributed by atoms with Crippen LogP contribution in [-0.4, -0.2) is 8.83 Å². The molecule has 2 heteroatoms. The summed E-state index contributed by atoms with van der Waals surface area (Å²) in [5, 5.41) is 0. The van der Waals surface area contributed by atoms with Gasteiger partial charge in [-0.05, 0) is 12.0 Å². The Morgan fingerprint density at radius 1 is 1.50 bits per heavy atom. The van der Waals surface area contributed by atoms with Gasteiger partial charge >= 0.3 is 0 Å². The normalized spacial score (nSPS) is 10.8. The Labute approximate surface area is 57.8 Å². The summed E-state index contributed by atoms with van der Waals surface area (Å²) in [6.45, 7) is 7.29. The minimum Gasteiger partial charge on any atom is -0.176 e. The van der Waals surface area contributed by atoms with Crippen LogP contribution >= 0.6 is 11.1 Å². The van der Waals surface area contributed by atoms with Gasteiger partial charge in [0, 0.05) is 0 Å². The van der Waals surface area contributed by atoms with Gasteiger partial charge in [-0.15, -0.1) is 13.2 Å². The van der Waals surface area contributed by atoms with E-state index in [0.717, 1.165) is 6.04 Å². The van der Waals surface area contributed by atoms with E-state index in [9.17, 15) is 0 Å². The maximum atomic E-state index is 5.60. The van der Waals surface area contributed by atoms with E-state index < -0.39 is 0 Å². The number of halogens is 1. The Morgan fingerprint density at radius 2 is 2.00 bits per heavy atom.